The Hall–Kier alpha value is -1.08. The summed E-state index contributed by atoms with van der Waals surface area (Å²) in [6, 6.07) is 0.590. The second-order valence-corrected chi connectivity index (χ2v) is 5.42. The van der Waals surface area contributed by atoms with Gasteiger partial charge in [-0.2, -0.15) is 11.8 Å². The first-order valence-electron chi connectivity index (χ1n) is 5.15. The van der Waals surface area contributed by atoms with Crippen molar-refractivity contribution in [3.63, 3.8) is 0 Å². The van der Waals surface area contributed by atoms with E-state index in [1.807, 2.05) is 6.26 Å². The molecule has 0 aliphatic carbocycles. The van der Waals surface area contributed by atoms with Crippen LogP contribution in [0.1, 0.15) is 16.8 Å². The minimum atomic E-state index is -1.28. The number of hydrogen-bond acceptors (Lipinski definition) is 5. The fourth-order valence-corrected chi connectivity index (χ4v) is 2.10. The number of carbonyl (C=O) groups excluding carboxylic acids is 2. The number of carboxylic acid groups (broad SMARTS) is 1. The van der Waals surface area contributed by atoms with Crippen molar-refractivity contribution in [2.24, 2.45) is 0 Å². The minimum Gasteiger partial charge on any atom is -0.548 e. The lowest BCUT2D eigenvalue weighted by atomic mass is 10.2. The lowest BCUT2D eigenvalue weighted by molar-refractivity contribution is -0.308. The molecule has 0 spiro atoms. The van der Waals surface area contributed by atoms with Crippen LogP contribution in [-0.2, 0) is 4.79 Å². The molecule has 0 saturated heterocycles. The Balaban J connectivity index is 2.69. The lowest BCUT2D eigenvalue weighted by Crippen LogP contribution is -2.48. The van der Waals surface area contributed by atoms with E-state index in [1.165, 1.54) is 18.0 Å². The van der Waals surface area contributed by atoms with Crippen LogP contribution in [0.25, 0.3) is 0 Å². The van der Waals surface area contributed by atoms with Gasteiger partial charge in [0.15, 0.2) is 0 Å². The van der Waals surface area contributed by atoms with Crippen LogP contribution in [0, 0.1) is 0 Å². The Morgan fingerprint density at radius 2 is 2.28 bits per heavy atom. The molecule has 1 aromatic heterocycles. The number of nitrogens with one attached hydrogen (secondary N) is 1. The summed E-state index contributed by atoms with van der Waals surface area (Å²) in [7, 11) is 0. The number of pyridine rings is 1. The Kier molecular flexibility index (Phi) is 6.14. The van der Waals surface area contributed by atoms with Crippen molar-refractivity contribution in [2.45, 2.75) is 12.5 Å². The summed E-state index contributed by atoms with van der Waals surface area (Å²) in [4.78, 5) is 26.5. The number of thioether (sulfide) groups is 1. The molecule has 18 heavy (non-hydrogen) atoms. The number of nitrogens with zero attached hydrogens (tertiary/aromatic N) is 1. The van der Waals surface area contributed by atoms with Crippen molar-refractivity contribution in [2.75, 3.05) is 12.0 Å². The van der Waals surface area contributed by atoms with Gasteiger partial charge in [0.1, 0.15) is 0 Å². The van der Waals surface area contributed by atoms with Crippen molar-refractivity contribution in [1.29, 1.82) is 0 Å². The first-order valence-corrected chi connectivity index (χ1v) is 7.34. The molecule has 1 aromatic rings. The van der Waals surface area contributed by atoms with Crippen LogP contribution >= 0.6 is 27.7 Å². The van der Waals surface area contributed by atoms with Gasteiger partial charge in [-0.05, 0) is 40.4 Å². The topological polar surface area (TPSA) is 82.1 Å². The molecular weight excluding hydrogens is 320 g/mol. The van der Waals surface area contributed by atoms with Gasteiger partial charge in [0.25, 0.3) is 5.91 Å². The van der Waals surface area contributed by atoms with E-state index in [1.54, 1.807) is 12.3 Å². The second-order valence-electron chi connectivity index (χ2n) is 3.52. The highest BCUT2D eigenvalue weighted by atomic mass is 79.9. The van der Waals surface area contributed by atoms with Crippen LogP contribution in [0.15, 0.2) is 22.9 Å². The monoisotopic (exact) mass is 331 g/mol. The largest absolute Gasteiger partial charge is 0.548 e. The highest BCUT2D eigenvalue weighted by Gasteiger charge is 2.14. The van der Waals surface area contributed by atoms with E-state index in [9.17, 15) is 14.7 Å². The zero-order valence-corrected chi connectivity index (χ0v) is 12.1. The van der Waals surface area contributed by atoms with E-state index >= 15 is 0 Å². The van der Waals surface area contributed by atoms with Crippen molar-refractivity contribution < 1.29 is 14.7 Å². The number of aromatic nitrogens is 1. The Labute approximate surface area is 117 Å². The number of amides is 1. The van der Waals surface area contributed by atoms with Crippen LogP contribution in [0.4, 0.5) is 0 Å². The summed E-state index contributed by atoms with van der Waals surface area (Å²) in [5, 5.41) is 13.3. The number of carbonyl (C=O) groups is 2. The quantitative estimate of drug-likeness (QED) is 0.818. The third-order valence-electron chi connectivity index (χ3n) is 2.17. The van der Waals surface area contributed by atoms with E-state index in [0.29, 0.717) is 22.2 Å². The van der Waals surface area contributed by atoms with Crippen molar-refractivity contribution in [3.05, 3.63) is 28.5 Å². The van der Waals surface area contributed by atoms with E-state index < -0.39 is 17.9 Å². The molecule has 0 aromatic carbocycles. The van der Waals surface area contributed by atoms with E-state index in [2.05, 4.69) is 26.2 Å². The Morgan fingerprint density at radius 3 is 2.83 bits per heavy atom. The molecule has 0 fully saturated rings. The van der Waals surface area contributed by atoms with Gasteiger partial charge in [0.05, 0.1) is 17.6 Å². The standard InChI is InChI=1S/C11H13BrN2O3S/c1-18-3-2-9(11(16)17)14-10(15)7-4-8(12)6-13-5-7/h4-6,9H,2-3H2,1H3,(H,14,15)(H,16,17)/p-1/t9-/m1/s1. The van der Waals surface area contributed by atoms with Crippen molar-refractivity contribution >= 4 is 39.6 Å². The maximum absolute atomic E-state index is 11.8. The van der Waals surface area contributed by atoms with Gasteiger partial charge in [-0.3, -0.25) is 9.78 Å². The highest BCUT2D eigenvalue weighted by molar-refractivity contribution is 9.10. The normalized spacial score (nSPS) is 11.9. The fourth-order valence-electron chi connectivity index (χ4n) is 1.26. The molecule has 0 bridgehead atoms. The predicted molar refractivity (Wildman–Crippen MR) is 71.2 cm³/mol. The molecule has 5 nitrogen and oxygen atoms in total. The molecule has 1 atom stereocenters. The summed E-state index contributed by atoms with van der Waals surface area (Å²) >= 11 is 4.70. The zero-order chi connectivity index (χ0) is 13.5. The summed E-state index contributed by atoms with van der Waals surface area (Å²) in [5.74, 6) is -1.12. The zero-order valence-electron chi connectivity index (χ0n) is 9.68. The van der Waals surface area contributed by atoms with Gasteiger partial charge in [0.2, 0.25) is 0 Å². The first-order chi connectivity index (χ1) is 8.54. The number of aliphatic carboxylic acids is 1. The molecule has 1 N–H and O–H groups in total. The van der Waals surface area contributed by atoms with Gasteiger partial charge >= 0.3 is 0 Å². The molecular formula is C11H12BrN2O3S-. The molecule has 0 radical (unpaired) electrons. The van der Waals surface area contributed by atoms with Crippen LogP contribution in [-0.4, -0.2) is 34.9 Å². The first kappa shape index (κ1) is 15.0. The van der Waals surface area contributed by atoms with E-state index in [-0.39, 0.29) is 0 Å². The molecule has 98 valence electrons. The average molecular weight is 332 g/mol. The molecule has 0 saturated carbocycles. The maximum Gasteiger partial charge on any atom is 0.253 e. The van der Waals surface area contributed by atoms with Crippen LogP contribution in [0.5, 0.6) is 0 Å². The number of carboxylic acids is 1. The maximum atomic E-state index is 11.8. The Morgan fingerprint density at radius 1 is 1.56 bits per heavy atom. The molecule has 0 aliphatic heterocycles. The average Bonchev–Trinajstić information content (AvgIpc) is 2.33. The van der Waals surface area contributed by atoms with Crippen LogP contribution in [0.2, 0.25) is 0 Å². The molecule has 1 amide bonds. The van der Waals surface area contributed by atoms with Gasteiger partial charge in [-0.1, -0.05) is 0 Å². The third-order valence-corrected chi connectivity index (χ3v) is 3.25. The van der Waals surface area contributed by atoms with E-state index in [4.69, 9.17) is 0 Å². The third kappa shape index (κ3) is 4.66. The Bertz CT molecular complexity index is 442. The number of rotatable bonds is 6. The number of hydrogen-bond donors (Lipinski definition) is 1. The second kappa shape index (κ2) is 7.38. The van der Waals surface area contributed by atoms with Crippen LogP contribution < -0.4 is 10.4 Å². The molecule has 7 heteroatoms. The van der Waals surface area contributed by atoms with Gasteiger partial charge in [0, 0.05) is 16.9 Å². The van der Waals surface area contributed by atoms with Gasteiger partial charge in [-0.25, -0.2) is 0 Å². The summed E-state index contributed by atoms with van der Waals surface area (Å²) in [6.07, 6.45) is 5.12. The molecule has 1 heterocycles. The van der Waals surface area contributed by atoms with Crippen LogP contribution in [0.3, 0.4) is 0 Å². The molecule has 0 aliphatic rings. The SMILES string of the molecule is CSCC[C@@H](NC(=O)c1cncc(Br)c1)C(=O)[O-]. The van der Waals surface area contributed by atoms with Crippen molar-refractivity contribution in [3.8, 4) is 0 Å². The van der Waals surface area contributed by atoms with Gasteiger partial charge < -0.3 is 15.2 Å². The smallest absolute Gasteiger partial charge is 0.253 e. The predicted octanol–water partition coefficient (Wildman–Crippen LogP) is 0.445. The summed E-state index contributed by atoms with van der Waals surface area (Å²) < 4.78 is 0.657. The van der Waals surface area contributed by atoms with Gasteiger partial charge in [-0.15, -0.1) is 0 Å². The summed E-state index contributed by atoms with van der Waals surface area (Å²) in [6.45, 7) is 0. The minimum absolute atomic E-state index is 0.305. The van der Waals surface area contributed by atoms with E-state index in [0.717, 1.165) is 0 Å². The number of halogens is 1. The summed E-state index contributed by atoms with van der Waals surface area (Å²) in [5.41, 5.74) is 0.305. The molecule has 0 unspecified atom stereocenters. The van der Waals surface area contributed by atoms with Crippen molar-refractivity contribution in [1.82, 2.24) is 10.3 Å². The molecule has 1 rings (SSSR count). The fraction of sp³-hybridized carbons (Fsp3) is 0.364. The highest BCUT2D eigenvalue weighted by Crippen LogP contribution is 2.10. The lowest BCUT2D eigenvalue weighted by Gasteiger charge is -2.19.